The van der Waals surface area contributed by atoms with Crippen molar-refractivity contribution in [1.82, 2.24) is 20.0 Å². The van der Waals surface area contributed by atoms with E-state index in [4.69, 9.17) is 0 Å². The van der Waals surface area contributed by atoms with Crippen LogP contribution in [0.5, 0.6) is 0 Å². The van der Waals surface area contributed by atoms with Gasteiger partial charge in [-0.2, -0.15) is 5.10 Å². The van der Waals surface area contributed by atoms with Crippen LogP contribution in [0.3, 0.4) is 0 Å². The molecule has 1 saturated heterocycles. The first-order valence-corrected chi connectivity index (χ1v) is 7.57. The maximum atomic E-state index is 12.7. The van der Waals surface area contributed by atoms with Crippen molar-refractivity contribution in [2.45, 2.75) is 46.1 Å². The van der Waals surface area contributed by atoms with Crippen LogP contribution in [0.15, 0.2) is 0 Å². The molecule has 1 N–H and O–H groups in total. The van der Waals surface area contributed by atoms with Gasteiger partial charge in [-0.1, -0.05) is 6.92 Å². The number of likely N-dealkylation sites (tertiary alicyclic amines) is 1. The van der Waals surface area contributed by atoms with Crippen LogP contribution in [0, 0.1) is 13.8 Å². The summed E-state index contributed by atoms with van der Waals surface area (Å²) in [6.07, 6.45) is 3.37. The molecule has 0 bridgehead atoms. The van der Waals surface area contributed by atoms with Crippen LogP contribution in [0.1, 0.15) is 47.9 Å². The van der Waals surface area contributed by atoms with Gasteiger partial charge in [0.25, 0.3) is 5.91 Å². The van der Waals surface area contributed by atoms with Crippen molar-refractivity contribution < 1.29 is 4.79 Å². The molecule has 0 saturated carbocycles. The highest BCUT2D eigenvalue weighted by Crippen LogP contribution is 2.18. The molecule has 112 valence electrons. The lowest BCUT2D eigenvalue weighted by Gasteiger charge is -2.33. The molecule has 1 amide bonds. The van der Waals surface area contributed by atoms with Crippen molar-refractivity contribution in [1.29, 1.82) is 0 Å². The van der Waals surface area contributed by atoms with Gasteiger partial charge >= 0.3 is 0 Å². The van der Waals surface area contributed by atoms with Gasteiger partial charge in [-0.25, -0.2) is 0 Å². The minimum atomic E-state index is 0.135. The number of nitrogens with one attached hydrogen (secondary N) is 1. The van der Waals surface area contributed by atoms with Crippen LogP contribution in [0.2, 0.25) is 0 Å². The molecule has 1 aliphatic heterocycles. The Morgan fingerprint density at radius 1 is 1.45 bits per heavy atom. The van der Waals surface area contributed by atoms with E-state index in [1.54, 1.807) is 4.68 Å². The SMILES string of the molecule is CCCNC1CCCN(C(=O)c2c(C)nn(C)c2C)C1. The maximum Gasteiger partial charge on any atom is 0.257 e. The molecule has 1 aromatic rings. The smallest absolute Gasteiger partial charge is 0.257 e. The largest absolute Gasteiger partial charge is 0.337 e. The monoisotopic (exact) mass is 278 g/mol. The second kappa shape index (κ2) is 6.39. The van der Waals surface area contributed by atoms with E-state index in [0.717, 1.165) is 55.8 Å². The Kier molecular flexibility index (Phi) is 4.81. The molecule has 1 unspecified atom stereocenters. The van der Waals surface area contributed by atoms with Crippen molar-refractivity contribution in [2.24, 2.45) is 7.05 Å². The standard InChI is InChI=1S/C15H26N4O/c1-5-8-16-13-7-6-9-19(10-13)15(20)14-11(2)17-18(4)12(14)3/h13,16H,5-10H2,1-4H3. The third-order valence-electron chi connectivity index (χ3n) is 4.11. The summed E-state index contributed by atoms with van der Waals surface area (Å²) in [7, 11) is 1.89. The Balaban J connectivity index is 2.08. The number of piperidine rings is 1. The van der Waals surface area contributed by atoms with E-state index in [1.807, 2.05) is 25.8 Å². The Labute approximate surface area is 121 Å². The molecule has 20 heavy (non-hydrogen) atoms. The minimum Gasteiger partial charge on any atom is -0.337 e. The summed E-state index contributed by atoms with van der Waals surface area (Å²) in [6.45, 7) is 8.74. The Bertz CT molecular complexity index is 480. The maximum absolute atomic E-state index is 12.7. The number of amides is 1. The van der Waals surface area contributed by atoms with Crippen LogP contribution in [-0.4, -0.2) is 46.3 Å². The van der Waals surface area contributed by atoms with E-state index in [-0.39, 0.29) is 5.91 Å². The predicted molar refractivity (Wildman–Crippen MR) is 79.9 cm³/mol. The molecule has 1 aromatic heterocycles. The van der Waals surface area contributed by atoms with Crippen LogP contribution >= 0.6 is 0 Å². The van der Waals surface area contributed by atoms with Gasteiger partial charge in [-0.3, -0.25) is 9.48 Å². The fourth-order valence-corrected chi connectivity index (χ4v) is 2.92. The molecule has 1 fully saturated rings. The first-order valence-electron chi connectivity index (χ1n) is 7.57. The van der Waals surface area contributed by atoms with Gasteiger partial charge in [0.2, 0.25) is 0 Å². The highest BCUT2D eigenvalue weighted by Gasteiger charge is 2.27. The molecular formula is C15H26N4O. The summed E-state index contributed by atoms with van der Waals surface area (Å²) in [5, 5.41) is 7.88. The lowest BCUT2D eigenvalue weighted by molar-refractivity contribution is 0.0693. The van der Waals surface area contributed by atoms with Gasteiger partial charge in [0, 0.05) is 31.9 Å². The van der Waals surface area contributed by atoms with Gasteiger partial charge in [0.1, 0.15) is 0 Å². The average molecular weight is 278 g/mol. The van der Waals surface area contributed by atoms with Gasteiger partial charge < -0.3 is 10.2 Å². The molecule has 5 heteroatoms. The number of carbonyl (C=O) groups excluding carboxylic acids is 1. The number of aromatic nitrogens is 2. The van der Waals surface area contributed by atoms with Crippen LogP contribution in [-0.2, 0) is 7.05 Å². The lowest BCUT2D eigenvalue weighted by atomic mass is 10.0. The zero-order chi connectivity index (χ0) is 14.7. The molecule has 1 aliphatic rings. The Morgan fingerprint density at radius 3 is 2.80 bits per heavy atom. The third kappa shape index (κ3) is 3.03. The highest BCUT2D eigenvalue weighted by molar-refractivity contribution is 5.96. The second-order valence-electron chi connectivity index (χ2n) is 5.71. The number of aryl methyl sites for hydroxylation is 2. The molecule has 0 aromatic carbocycles. The van der Waals surface area contributed by atoms with Crippen molar-refractivity contribution >= 4 is 5.91 Å². The van der Waals surface area contributed by atoms with Crippen LogP contribution < -0.4 is 5.32 Å². The zero-order valence-electron chi connectivity index (χ0n) is 13.1. The van der Waals surface area contributed by atoms with E-state index in [9.17, 15) is 4.79 Å². The average Bonchev–Trinajstić information content (AvgIpc) is 2.69. The second-order valence-corrected chi connectivity index (χ2v) is 5.71. The van der Waals surface area contributed by atoms with E-state index in [1.165, 1.54) is 0 Å². The summed E-state index contributed by atoms with van der Waals surface area (Å²) in [5.74, 6) is 0.135. The summed E-state index contributed by atoms with van der Waals surface area (Å²) >= 11 is 0. The fourth-order valence-electron chi connectivity index (χ4n) is 2.92. The number of hydrogen-bond donors (Lipinski definition) is 1. The summed E-state index contributed by atoms with van der Waals surface area (Å²) in [6, 6.07) is 0.435. The van der Waals surface area contributed by atoms with Crippen molar-refractivity contribution in [3.8, 4) is 0 Å². The predicted octanol–water partition coefficient (Wildman–Crippen LogP) is 1.64. The van der Waals surface area contributed by atoms with E-state index < -0.39 is 0 Å². The quantitative estimate of drug-likeness (QED) is 0.911. The van der Waals surface area contributed by atoms with E-state index >= 15 is 0 Å². The normalized spacial score (nSPS) is 19.4. The molecule has 0 radical (unpaired) electrons. The number of hydrogen-bond acceptors (Lipinski definition) is 3. The van der Waals surface area contributed by atoms with Gasteiger partial charge in [-0.15, -0.1) is 0 Å². The third-order valence-corrected chi connectivity index (χ3v) is 4.11. The first kappa shape index (κ1) is 15.0. The van der Waals surface area contributed by atoms with Gasteiger partial charge in [0.05, 0.1) is 11.3 Å². The topological polar surface area (TPSA) is 50.2 Å². The number of rotatable bonds is 4. The molecule has 5 nitrogen and oxygen atoms in total. The summed E-state index contributed by atoms with van der Waals surface area (Å²) < 4.78 is 1.79. The van der Waals surface area contributed by atoms with E-state index in [0.29, 0.717) is 6.04 Å². The van der Waals surface area contributed by atoms with E-state index in [2.05, 4.69) is 17.3 Å². The van der Waals surface area contributed by atoms with Crippen LogP contribution in [0.4, 0.5) is 0 Å². The van der Waals surface area contributed by atoms with Gasteiger partial charge in [-0.05, 0) is 39.7 Å². The molecule has 2 rings (SSSR count). The van der Waals surface area contributed by atoms with Crippen molar-refractivity contribution in [3.63, 3.8) is 0 Å². The Hall–Kier alpha value is -1.36. The molecule has 0 aliphatic carbocycles. The minimum absolute atomic E-state index is 0.135. The Morgan fingerprint density at radius 2 is 2.20 bits per heavy atom. The summed E-state index contributed by atoms with van der Waals surface area (Å²) in [4.78, 5) is 14.7. The van der Waals surface area contributed by atoms with Crippen molar-refractivity contribution in [3.05, 3.63) is 17.0 Å². The molecular weight excluding hydrogens is 252 g/mol. The molecule has 1 atom stereocenters. The first-order chi connectivity index (χ1) is 9.54. The van der Waals surface area contributed by atoms with Crippen LogP contribution in [0.25, 0.3) is 0 Å². The molecule has 0 spiro atoms. The van der Waals surface area contributed by atoms with Gasteiger partial charge in [0.15, 0.2) is 0 Å². The van der Waals surface area contributed by atoms with Crippen molar-refractivity contribution in [2.75, 3.05) is 19.6 Å². The number of nitrogens with zero attached hydrogens (tertiary/aromatic N) is 3. The number of carbonyl (C=O) groups is 1. The lowest BCUT2D eigenvalue weighted by Crippen LogP contribution is -2.48. The summed E-state index contributed by atoms with van der Waals surface area (Å²) in [5.41, 5.74) is 2.57. The molecule has 2 heterocycles. The zero-order valence-corrected chi connectivity index (χ0v) is 13.1. The fraction of sp³-hybridized carbons (Fsp3) is 0.733. The highest BCUT2D eigenvalue weighted by atomic mass is 16.2.